The van der Waals surface area contributed by atoms with Crippen molar-refractivity contribution in [2.75, 3.05) is 33.4 Å². The number of pyridine rings is 1. The van der Waals surface area contributed by atoms with E-state index < -0.39 is 0 Å². The number of carbonyl (C=O) groups excluding carboxylic acids is 1. The van der Waals surface area contributed by atoms with E-state index >= 15 is 0 Å². The molecule has 0 unspecified atom stereocenters. The standard InChI is InChI=1S/C22H31N5O3.CH2O2/c1-4-30-14-21(28)26-9-16-7-18(13-26)20-6-5-17(22(29)27(20)10-16)11-25(3)12-19-8-23-24-15(19)2;2-1-3/h5-6,8,16,18H,4,7,9-14H2,1-3H3,(H,23,24);1H,(H,2,3)/t16-,18+;/m0./s1. The highest BCUT2D eigenvalue weighted by Crippen LogP contribution is 2.35. The molecular weight excluding hydrogens is 426 g/mol. The van der Waals surface area contributed by atoms with Crippen molar-refractivity contribution in [2.24, 2.45) is 5.92 Å². The lowest BCUT2D eigenvalue weighted by Crippen LogP contribution is -2.50. The van der Waals surface area contributed by atoms with Crippen molar-refractivity contribution in [3.63, 3.8) is 0 Å². The SMILES string of the molecule is CCOCC(=O)N1C[C@@H]2C[C@H](C1)c1ccc(CN(C)Cc3cn[nH]c3C)c(=O)n1C2.O=CO. The number of H-pyrrole nitrogens is 1. The summed E-state index contributed by atoms with van der Waals surface area (Å²) in [6, 6.07) is 4.05. The number of likely N-dealkylation sites (tertiary alicyclic amines) is 1. The Labute approximate surface area is 193 Å². The van der Waals surface area contributed by atoms with Crippen molar-refractivity contribution in [1.82, 2.24) is 24.6 Å². The number of nitrogens with one attached hydrogen (secondary N) is 1. The van der Waals surface area contributed by atoms with Gasteiger partial charge in [0.05, 0.1) is 6.20 Å². The van der Waals surface area contributed by atoms with Crippen LogP contribution in [-0.2, 0) is 34.0 Å². The molecule has 2 atom stereocenters. The summed E-state index contributed by atoms with van der Waals surface area (Å²) in [7, 11) is 2.02. The highest BCUT2D eigenvalue weighted by molar-refractivity contribution is 5.77. The highest BCUT2D eigenvalue weighted by atomic mass is 16.5. The normalized spacial score (nSPS) is 19.0. The van der Waals surface area contributed by atoms with Gasteiger partial charge in [0.15, 0.2) is 0 Å². The minimum atomic E-state index is -0.250. The van der Waals surface area contributed by atoms with Crippen LogP contribution in [0.15, 0.2) is 23.1 Å². The molecule has 2 aromatic rings. The smallest absolute Gasteiger partial charge is 0.290 e. The second kappa shape index (κ2) is 11.2. The van der Waals surface area contributed by atoms with E-state index in [1.807, 2.05) is 42.6 Å². The second-order valence-electron chi connectivity index (χ2n) is 8.73. The Hall–Kier alpha value is -2.98. The van der Waals surface area contributed by atoms with Crippen LogP contribution < -0.4 is 5.56 Å². The summed E-state index contributed by atoms with van der Waals surface area (Å²) in [4.78, 5) is 38.1. The van der Waals surface area contributed by atoms with E-state index in [-0.39, 0.29) is 30.5 Å². The number of hydrogen-bond acceptors (Lipinski definition) is 6. The van der Waals surface area contributed by atoms with Crippen LogP contribution in [0.3, 0.4) is 0 Å². The van der Waals surface area contributed by atoms with E-state index in [0.717, 1.165) is 35.5 Å². The highest BCUT2D eigenvalue weighted by Gasteiger charge is 2.36. The molecule has 4 heterocycles. The first-order valence-electron chi connectivity index (χ1n) is 11.2. The average Bonchev–Trinajstić information content (AvgIpc) is 3.19. The molecule has 2 aromatic heterocycles. The number of ether oxygens (including phenoxy) is 1. The number of amides is 1. The van der Waals surface area contributed by atoms with Crippen LogP contribution in [0.2, 0.25) is 0 Å². The third-order valence-corrected chi connectivity index (χ3v) is 6.28. The fourth-order valence-electron chi connectivity index (χ4n) is 4.77. The third-order valence-electron chi connectivity index (χ3n) is 6.28. The maximum Gasteiger partial charge on any atom is 0.290 e. The minimum absolute atomic E-state index is 0.0510. The van der Waals surface area contributed by atoms with Crippen LogP contribution in [0.4, 0.5) is 0 Å². The topological polar surface area (TPSA) is 121 Å². The van der Waals surface area contributed by atoms with Crippen LogP contribution >= 0.6 is 0 Å². The molecule has 2 bridgehead atoms. The lowest BCUT2D eigenvalue weighted by molar-refractivity contribution is -0.138. The predicted octanol–water partition coefficient (Wildman–Crippen LogP) is 1.19. The largest absolute Gasteiger partial charge is 0.483 e. The van der Waals surface area contributed by atoms with E-state index in [1.165, 1.54) is 0 Å². The van der Waals surface area contributed by atoms with Gasteiger partial charge in [0.25, 0.3) is 12.0 Å². The second-order valence-corrected chi connectivity index (χ2v) is 8.73. The fraction of sp³-hybridized carbons (Fsp3) is 0.565. The molecule has 2 aliphatic rings. The number of hydrogen-bond donors (Lipinski definition) is 2. The van der Waals surface area contributed by atoms with Gasteiger partial charge in [0, 0.05) is 67.8 Å². The molecule has 1 fully saturated rings. The Morgan fingerprint density at radius 2 is 2.03 bits per heavy atom. The van der Waals surface area contributed by atoms with Gasteiger partial charge >= 0.3 is 0 Å². The van der Waals surface area contributed by atoms with Gasteiger partial charge < -0.3 is 19.3 Å². The molecule has 10 heteroatoms. The van der Waals surface area contributed by atoms with Crippen LogP contribution in [0.1, 0.15) is 41.8 Å². The van der Waals surface area contributed by atoms with Gasteiger partial charge in [-0.2, -0.15) is 5.10 Å². The predicted molar refractivity (Wildman–Crippen MR) is 122 cm³/mol. The van der Waals surface area contributed by atoms with Gasteiger partial charge in [-0.15, -0.1) is 0 Å². The third kappa shape index (κ3) is 5.88. The summed E-state index contributed by atoms with van der Waals surface area (Å²) < 4.78 is 7.25. The van der Waals surface area contributed by atoms with E-state index in [9.17, 15) is 9.59 Å². The van der Waals surface area contributed by atoms with Gasteiger partial charge in [-0.3, -0.25) is 24.4 Å². The van der Waals surface area contributed by atoms with Crippen molar-refractivity contribution in [3.8, 4) is 0 Å². The summed E-state index contributed by atoms with van der Waals surface area (Å²) in [5, 5.41) is 13.9. The molecule has 10 nitrogen and oxygen atoms in total. The van der Waals surface area contributed by atoms with Crippen molar-refractivity contribution in [3.05, 3.63) is 51.2 Å². The van der Waals surface area contributed by atoms with Crippen molar-refractivity contribution in [2.45, 2.75) is 45.8 Å². The number of carboxylic acid groups (broad SMARTS) is 1. The Balaban J connectivity index is 0.000000968. The molecular formula is C23H33N5O5. The first kappa shape index (κ1) is 24.7. The summed E-state index contributed by atoms with van der Waals surface area (Å²) in [5.74, 6) is 0.590. The summed E-state index contributed by atoms with van der Waals surface area (Å²) >= 11 is 0. The van der Waals surface area contributed by atoms with Crippen LogP contribution in [0, 0.1) is 12.8 Å². The quantitative estimate of drug-likeness (QED) is 0.597. The summed E-state index contributed by atoms with van der Waals surface area (Å²) in [6.07, 6.45) is 2.88. The zero-order valence-electron chi connectivity index (χ0n) is 19.5. The molecule has 0 saturated carbocycles. The van der Waals surface area contributed by atoms with E-state index in [0.29, 0.717) is 38.7 Å². The van der Waals surface area contributed by atoms with Crippen LogP contribution in [0.5, 0.6) is 0 Å². The number of piperidine rings is 1. The van der Waals surface area contributed by atoms with Crippen LogP contribution in [0.25, 0.3) is 0 Å². The molecule has 2 aliphatic heterocycles. The van der Waals surface area contributed by atoms with Crippen molar-refractivity contribution < 1.29 is 19.4 Å². The van der Waals surface area contributed by atoms with Gasteiger partial charge in [0.1, 0.15) is 6.61 Å². The molecule has 0 aromatic carbocycles. The number of rotatable bonds is 7. The lowest BCUT2D eigenvalue weighted by atomic mass is 9.83. The number of aromatic amines is 1. The van der Waals surface area contributed by atoms with Gasteiger partial charge in [-0.25, -0.2) is 0 Å². The maximum absolute atomic E-state index is 13.2. The molecule has 1 amide bonds. The minimum Gasteiger partial charge on any atom is -0.483 e. The monoisotopic (exact) mass is 459 g/mol. The zero-order valence-corrected chi connectivity index (χ0v) is 19.5. The summed E-state index contributed by atoms with van der Waals surface area (Å²) in [5.41, 5.74) is 4.17. The number of carbonyl (C=O) groups is 2. The van der Waals surface area contributed by atoms with Crippen molar-refractivity contribution >= 4 is 12.4 Å². The molecule has 4 rings (SSSR count). The van der Waals surface area contributed by atoms with E-state index in [2.05, 4.69) is 21.2 Å². The van der Waals surface area contributed by atoms with Crippen molar-refractivity contribution in [1.29, 1.82) is 0 Å². The fourth-order valence-corrected chi connectivity index (χ4v) is 4.77. The Morgan fingerprint density at radius 3 is 2.70 bits per heavy atom. The van der Waals surface area contributed by atoms with Gasteiger partial charge in [0.2, 0.25) is 5.91 Å². The molecule has 2 N–H and O–H groups in total. The first-order chi connectivity index (χ1) is 15.9. The average molecular weight is 460 g/mol. The van der Waals surface area contributed by atoms with Gasteiger partial charge in [-0.05, 0) is 39.3 Å². The molecule has 0 aliphatic carbocycles. The first-order valence-corrected chi connectivity index (χ1v) is 11.2. The Bertz CT molecular complexity index is 1020. The van der Waals surface area contributed by atoms with Gasteiger partial charge in [-0.1, -0.05) is 6.07 Å². The van der Waals surface area contributed by atoms with E-state index in [1.54, 1.807) is 0 Å². The zero-order chi connectivity index (χ0) is 24.0. The molecule has 0 radical (unpaired) electrons. The molecule has 180 valence electrons. The maximum atomic E-state index is 13.2. The molecule has 0 spiro atoms. The number of aromatic nitrogens is 3. The lowest BCUT2D eigenvalue weighted by Gasteiger charge is -2.43. The van der Waals surface area contributed by atoms with Crippen LogP contribution in [-0.4, -0.2) is 75.4 Å². The molecule has 33 heavy (non-hydrogen) atoms. The Kier molecular flexibility index (Phi) is 8.40. The molecule has 1 saturated heterocycles. The Morgan fingerprint density at radius 1 is 1.30 bits per heavy atom. The number of fused-ring (bicyclic) bond motifs is 4. The summed E-state index contributed by atoms with van der Waals surface area (Å²) in [6.45, 7) is 7.73. The number of aryl methyl sites for hydroxylation is 1. The van der Waals surface area contributed by atoms with E-state index in [4.69, 9.17) is 14.6 Å². The number of nitrogens with zero attached hydrogens (tertiary/aromatic N) is 4.